The zero-order valence-electron chi connectivity index (χ0n) is 13.4. The average molecular weight is 532 g/mol. The van der Waals surface area contributed by atoms with Crippen molar-refractivity contribution in [2.75, 3.05) is 13.6 Å². The van der Waals surface area contributed by atoms with Gasteiger partial charge < -0.3 is 15.1 Å². The van der Waals surface area contributed by atoms with E-state index in [9.17, 15) is 13.2 Å². The predicted molar refractivity (Wildman–Crippen MR) is 106 cm³/mol. The third kappa shape index (κ3) is 7.68. The number of nitrogens with zero attached hydrogens (tertiary/aromatic N) is 1. The maximum absolute atomic E-state index is 12.1. The summed E-state index contributed by atoms with van der Waals surface area (Å²) in [5.74, 6) is 1.67. The molecule has 1 aromatic carbocycles. The van der Waals surface area contributed by atoms with Gasteiger partial charge in [-0.1, -0.05) is 28.1 Å². The highest BCUT2D eigenvalue weighted by Crippen LogP contribution is 2.24. The Hall–Kier alpha value is -1.23. The predicted octanol–water partition coefficient (Wildman–Crippen LogP) is 4.94. The Labute approximate surface area is 169 Å². The second-order valence-electron chi connectivity index (χ2n) is 4.99. The summed E-state index contributed by atoms with van der Waals surface area (Å²) in [5, 5.41) is 5.53. The average Bonchev–Trinajstić information content (AvgIpc) is 2.99. The highest BCUT2D eigenvalue weighted by atomic mass is 127. The Kier molecular flexibility index (Phi) is 8.77. The van der Waals surface area contributed by atoms with Crippen molar-refractivity contribution < 1.29 is 17.6 Å². The van der Waals surface area contributed by atoms with Crippen molar-refractivity contribution in [3.63, 3.8) is 0 Å². The van der Waals surface area contributed by atoms with Crippen LogP contribution < -0.4 is 10.6 Å². The standard InChI is InChI=1S/C16H17BrF3N3O.HI/c1-21-15(22-9-8-16(18,19)20)23-10-13-6-7-14(24-13)11-2-4-12(17)5-3-11;/h2-7H,8-10H2,1H3,(H2,21,22,23);1H. The van der Waals surface area contributed by atoms with Crippen molar-refractivity contribution in [3.05, 3.63) is 46.6 Å². The highest BCUT2D eigenvalue weighted by Gasteiger charge is 2.26. The number of furan rings is 1. The number of benzene rings is 1. The second kappa shape index (κ2) is 10.0. The Morgan fingerprint density at radius 1 is 1.12 bits per heavy atom. The largest absolute Gasteiger partial charge is 0.459 e. The molecule has 0 atom stereocenters. The van der Waals surface area contributed by atoms with Crippen LogP contribution in [0.3, 0.4) is 0 Å². The molecule has 0 saturated carbocycles. The molecule has 0 bridgehead atoms. The molecule has 0 radical (unpaired) electrons. The molecule has 1 heterocycles. The van der Waals surface area contributed by atoms with Gasteiger partial charge in [0, 0.05) is 23.6 Å². The molecule has 1 aromatic heterocycles. The van der Waals surface area contributed by atoms with Crippen molar-refractivity contribution in [1.82, 2.24) is 10.6 Å². The highest BCUT2D eigenvalue weighted by molar-refractivity contribution is 14.0. The number of aliphatic imine (C=N–C) groups is 1. The van der Waals surface area contributed by atoms with Gasteiger partial charge in [-0.05, 0) is 24.3 Å². The van der Waals surface area contributed by atoms with Crippen molar-refractivity contribution in [2.24, 2.45) is 4.99 Å². The zero-order valence-corrected chi connectivity index (χ0v) is 17.3. The van der Waals surface area contributed by atoms with Crippen LogP contribution in [0.4, 0.5) is 13.2 Å². The topological polar surface area (TPSA) is 49.6 Å². The van der Waals surface area contributed by atoms with Gasteiger partial charge >= 0.3 is 6.18 Å². The number of alkyl halides is 3. The van der Waals surface area contributed by atoms with Gasteiger partial charge in [-0.2, -0.15) is 13.2 Å². The van der Waals surface area contributed by atoms with Crippen LogP contribution >= 0.6 is 39.9 Å². The molecule has 0 saturated heterocycles. The van der Waals surface area contributed by atoms with E-state index in [1.165, 1.54) is 7.05 Å². The van der Waals surface area contributed by atoms with E-state index in [2.05, 4.69) is 31.6 Å². The number of hydrogen-bond acceptors (Lipinski definition) is 2. The van der Waals surface area contributed by atoms with Crippen LogP contribution in [0, 0.1) is 0 Å². The van der Waals surface area contributed by atoms with E-state index in [0.717, 1.165) is 15.8 Å². The van der Waals surface area contributed by atoms with Crippen molar-refractivity contribution in [2.45, 2.75) is 19.1 Å². The minimum atomic E-state index is -4.19. The van der Waals surface area contributed by atoms with Crippen LogP contribution in [-0.2, 0) is 6.54 Å². The molecule has 0 unspecified atom stereocenters. The van der Waals surface area contributed by atoms with Gasteiger partial charge in [0.05, 0.1) is 13.0 Å². The van der Waals surface area contributed by atoms with E-state index in [1.807, 2.05) is 36.4 Å². The van der Waals surface area contributed by atoms with Gasteiger partial charge in [0.15, 0.2) is 5.96 Å². The summed E-state index contributed by atoms with van der Waals surface area (Å²) in [5.41, 5.74) is 0.942. The molecule has 2 rings (SSSR count). The summed E-state index contributed by atoms with van der Waals surface area (Å²) in [6.07, 6.45) is -5.10. The van der Waals surface area contributed by atoms with Gasteiger partial charge in [-0.25, -0.2) is 0 Å². The molecule has 4 nitrogen and oxygen atoms in total. The summed E-state index contributed by atoms with van der Waals surface area (Å²) < 4.78 is 43.1. The molecule has 0 spiro atoms. The fraction of sp³-hybridized carbons (Fsp3) is 0.312. The summed E-state index contributed by atoms with van der Waals surface area (Å²) >= 11 is 3.37. The maximum Gasteiger partial charge on any atom is 0.390 e. The molecule has 2 aromatic rings. The van der Waals surface area contributed by atoms with Crippen LogP contribution in [0.2, 0.25) is 0 Å². The van der Waals surface area contributed by atoms with Gasteiger partial charge in [0.1, 0.15) is 11.5 Å². The zero-order chi connectivity index (χ0) is 17.6. The normalized spacial score (nSPS) is 11.8. The Morgan fingerprint density at radius 3 is 2.40 bits per heavy atom. The Morgan fingerprint density at radius 2 is 1.80 bits per heavy atom. The quantitative estimate of drug-likeness (QED) is 0.326. The minimum Gasteiger partial charge on any atom is -0.459 e. The lowest BCUT2D eigenvalue weighted by Gasteiger charge is -2.12. The van der Waals surface area contributed by atoms with Crippen molar-refractivity contribution >= 4 is 45.9 Å². The molecule has 0 amide bonds. The molecule has 25 heavy (non-hydrogen) atoms. The first kappa shape index (κ1) is 21.8. The van der Waals surface area contributed by atoms with Crippen LogP contribution in [0.25, 0.3) is 11.3 Å². The third-order valence-electron chi connectivity index (χ3n) is 3.14. The molecular formula is C16H18BrF3IN3O. The first-order valence-corrected chi connectivity index (χ1v) is 8.02. The maximum atomic E-state index is 12.1. The van der Waals surface area contributed by atoms with Crippen molar-refractivity contribution in [3.8, 4) is 11.3 Å². The molecule has 0 aliphatic heterocycles. The lowest BCUT2D eigenvalue weighted by Crippen LogP contribution is -2.38. The summed E-state index contributed by atoms with van der Waals surface area (Å²) in [6.45, 7) is 0.0910. The number of rotatable bonds is 5. The van der Waals surface area contributed by atoms with E-state index in [1.54, 1.807) is 0 Å². The lowest BCUT2D eigenvalue weighted by atomic mass is 10.2. The first-order chi connectivity index (χ1) is 11.4. The third-order valence-corrected chi connectivity index (χ3v) is 3.67. The number of nitrogens with one attached hydrogen (secondary N) is 2. The van der Waals surface area contributed by atoms with Crippen LogP contribution in [0.5, 0.6) is 0 Å². The number of hydrogen-bond donors (Lipinski definition) is 2. The summed E-state index contributed by atoms with van der Waals surface area (Å²) in [6, 6.07) is 11.4. The smallest absolute Gasteiger partial charge is 0.390 e. The van der Waals surface area contributed by atoms with Crippen LogP contribution in [0.15, 0.2) is 50.3 Å². The van der Waals surface area contributed by atoms with E-state index in [4.69, 9.17) is 4.42 Å². The van der Waals surface area contributed by atoms with Crippen LogP contribution in [0.1, 0.15) is 12.2 Å². The molecule has 2 N–H and O–H groups in total. The van der Waals surface area contributed by atoms with E-state index >= 15 is 0 Å². The molecular weight excluding hydrogens is 514 g/mol. The van der Waals surface area contributed by atoms with Gasteiger partial charge in [-0.15, -0.1) is 24.0 Å². The Balaban J connectivity index is 0.00000312. The number of halogens is 5. The molecule has 0 aliphatic rings. The molecule has 0 aliphatic carbocycles. The number of guanidine groups is 1. The molecule has 0 fully saturated rings. The van der Waals surface area contributed by atoms with E-state index < -0.39 is 12.6 Å². The van der Waals surface area contributed by atoms with Gasteiger partial charge in [0.25, 0.3) is 0 Å². The van der Waals surface area contributed by atoms with Gasteiger partial charge in [0.2, 0.25) is 0 Å². The van der Waals surface area contributed by atoms with Gasteiger partial charge in [-0.3, -0.25) is 4.99 Å². The van der Waals surface area contributed by atoms with E-state index in [0.29, 0.717) is 18.3 Å². The SMILES string of the molecule is CN=C(NCCC(F)(F)F)NCc1ccc(-c2ccc(Br)cc2)o1.I. The monoisotopic (exact) mass is 531 g/mol. The lowest BCUT2D eigenvalue weighted by molar-refractivity contribution is -0.132. The summed E-state index contributed by atoms with van der Waals surface area (Å²) in [7, 11) is 1.50. The minimum absolute atomic E-state index is 0. The van der Waals surface area contributed by atoms with E-state index in [-0.39, 0.29) is 30.5 Å². The first-order valence-electron chi connectivity index (χ1n) is 7.23. The molecule has 9 heteroatoms. The molecule has 138 valence electrons. The second-order valence-corrected chi connectivity index (χ2v) is 5.91. The Bertz CT molecular complexity index is 687. The van der Waals surface area contributed by atoms with Crippen molar-refractivity contribution in [1.29, 1.82) is 0 Å². The fourth-order valence-electron chi connectivity index (χ4n) is 1.96. The summed E-state index contributed by atoms with van der Waals surface area (Å²) in [4.78, 5) is 3.88. The fourth-order valence-corrected chi connectivity index (χ4v) is 2.22. The van der Waals surface area contributed by atoms with Crippen LogP contribution in [-0.4, -0.2) is 25.7 Å².